The van der Waals surface area contributed by atoms with Gasteiger partial charge in [0, 0.05) is 18.3 Å². The quantitative estimate of drug-likeness (QED) is 0.646. The summed E-state index contributed by atoms with van der Waals surface area (Å²) in [5.74, 6) is -1.34. The van der Waals surface area contributed by atoms with Crippen LogP contribution in [0.5, 0.6) is 5.75 Å². The largest absolute Gasteiger partial charge is 0.504 e. The fourth-order valence-electron chi connectivity index (χ4n) is 2.65. The summed E-state index contributed by atoms with van der Waals surface area (Å²) in [7, 11) is -2.45. The molecule has 0 unspecified atom stereocenters. The summed E-state index contributed by atoms with van der Waals surface area (Å²) >= 11 is 0. The third-order valence-electron chi connectivity index (χ3n) is 3.84. The topological polar surface area (TPSA) is 109 Å². The number of rotatable bonds is 4. The predicted octanol–water partition coefficient (Wildman–Crippen LogP) is 2.26. The van der Waals surface area contributed by atoms with Crippen LogP contribution in [-0.4, -0.2) is 50.1 Å². The van der Waals surface area contributed by atoms with E-state index in [2.05, 4.69) is 21.3 Å². The monoisotopic (exact) mass is 367 g/mol. The van der Waals surface area contributed by atoms with Crippen LogP contribution < -0.4 is 4.31 Å². The van der Waals surface area contributed by atoms with E-state index in [1.807, 2.05) is 0 Å². The molecule has 1 aliphatic rings. The van der Waals surface area contributed by atoms with Crippen LogP contribution in [-0.2, 0) is 14.8 Å². The maximum atomic E-state index is 12.6. The normalized spacial score (nSPS) is 17.3. The number of sulfonamides is 1. The molecule has 0 bridgehead atoms. The molecule has 1 saturated heterocycles. The Bertz CT molecular complexity index is 818. The van der Waals surface area contributed by atoms with E-state index in [0.29, 0.717) is 12.8 Å². The van der Waals surface area contributed by atoms with Crippen molar-refractivity contribution in [2.45, 2.75) is 26.2 Å². The van der Waals surface area contributed by atoms with Gasteiger partial charge in [-0.2, -0.15) is 0 Å². The molecule has 1 fully saturated rings. The number of anilines is 1. The molecule has 1 aliphatic heterocycles. The zero-order valence-electron chi connectivity index (χ0n) is 14.2. The molecule has 136 valence electrons. The lowest BCUT2D eigenvalue weighted by molar-refractivity contribution is 0.0590. The van der Waals surface area contributed by atoms with Gasteiger partial charge in [-0.25, -0.2) is 18.2 Å². The predicted molar refractivity (Wildman–Crippen MR) is 96.1 cm³/mol. The molecule has 9 heteroatoms. The summed E-state index contributed by atoms with van der Waals surface area (Å²) < 4.78 is 31.0. The first kappa shape index (κ1) is 18.9. The highest BCUT2D eigenvalue weighted by Gasteiger charge is 2.31. The molecule has 1 aromatic rings. The van der Waals surface area contributed by atoms with Crippen molar-refractivity contribution in [1.29, 1.82) is 0 Å². The van der Waals surface area contributed by atoms with E-state index < -0.39 is 21.7 Å². The van der Waals surface area contributed by atoms with Crippen molar-refractivity contribution in [1.82, 2.24) is 4.98 Å². The van der Waals surface area contributed by atoms with E-state index in [-0.39, 0.29) is 35.1 Å². The second-order valence-corrected chi connectivity index (χ2v) is 7.44. The van der Waals surface area contributed by atoms with Crippen LogP contribution in [0.15, 0.2) is 11.6 Å². The lowest BCUT2D eigenvalue weighted by Gasteiger charge is -2.24. The summed E-state index contributed by atoms with van der Waals surface area (Å²) in [4.78, 5) is 20.1. The number of methoxy groups -OCH3 is 1. The standard InChI is InChI=1S/C16H21N3O5S/c1-4-11-12(17-5-2)14(20)13(16(21)24-3)18-15(11)19-9-7-6-8-10-25(19,22)23/h4-5,20H,1,6-10H2,2-3H3. The number of aromatic hydroxyl groups is 1. The van der Waals surface area contributed by atoms with Gasteiger partial charge in [0.05, 0.1) is 12.9 Å². The van der Waals surface area contributed by atoms with Crippen LogP contribution in [0.3, 0.4) is 0 Å². The number of hydrogen-bond donors (Lipinski definition) is 1. The Morgan fingerprint density at radius 1 is 1.40 bits per heavy atom. The van der Waals surface area contributed by atoms with E-state index in [9.17, 15) is 18.3 Å². The molecule has 2 rings (SSSR count). The van der Waals surface area contributed by atoms with Gasteiger partial charge in [0.25, 0.3) is 0 Å². The molecule has 2 heterocycles. The molecule has 8 nitrogen and oxygen atoms in total. The van der Waals surface area contributed by atoms with Crippen LogP contribution in [0, 0.1) is 0 Å². The highest BCUT2D eigenvalue weighted by molar-refractivity contribution is 7.92. The lowest BCUT2D eigenvalue weighted by atomic mass is 10.1. The van der Waals surface area contributed by atoms with Crippen molar-refractivity contribution in [2.24, 2.45) is 4.99 Å². The van der Waals surface area contributed by atoms with Crippen molar-refractivity contribution in [3.63, 3.8) is 0 Å². The minimum Gasteiger partial charge on any atom is -0.504 e. The van der Waals surface area contributed by atoms with Gasteiger partial charge in [-0.15, -0.1) is 0 Å². The average Bonchev–Trinajstić information content (AvgIpc) is 2.76. The summed E-state index contributed by atoms with van der Waals surface area (Å²) in [5.41, 5.74) is -0.112. The Kier molecular flexibility index (Phi) is 5.78. The number of nitrogens with zero attached hydrogens (tertiary/aromatic N) is 3. The third-order valence-corrected chi connectivity index (χ3v) is 5.67. The van der Waals surface area contributed by atoms with Crippen LogP contribution in [0.25, 0.3) is 6.08 Å². The zero-order chi connectivity index (χ0) is 18.6. The molecular weight excluding hydrogens is 346 g/mol. The van der Waals surface area contributed by atoms with Gasteiger partial charge in [0.15, 0.2) is 17.3 Å². The van der Waals surface area contributed by atoms with Crippen molar-refractivity contribution < 1.29 is 23.1 Å². The Balaban J connectivity index is 2.81. The molecule has 1 N–H and O–H groups in total. The van der Waals surface area contributed by atoms with Crippen LogP contribution in [0.4, 0.5) is 11.5 Å². The number of hydrogen-bond acceptors (Lipinski definition) is 7. The first-order chi connectivity index (χ1) is 11.9. The number of aliphatic imine (C=N–C) groups is 1. The number of ether oxygens (including phenoxy) is 1. The summed E-state index contributed by atoms with van der Waals surface area (Å²) in [6.07, 6.45) is 4.79. The summed E-state index contributed by atoms with van der Waals surface area (Å²) in [6.45, 7) is 5.54. The molecule has 0 aromatic carbocycles. The Morgan fingerprint density at radius 2 is 2.12 bits per heavy atom. The third kappa shape index (κ3) is 3.65. The molecule has 1 aromatic heterocycles. The van der Waals surface area contributed by atoms with Gasteiger partial charge in [0.2, 0.25) is 10.0 Å². The molecular formula is C16H21N3O5S. The number of pyridine rings is 1. The van der Waals surface area contributed by atoms with E-state index >= 15 is 0 Å². The van der Waals surface area contributed by atoms with Gasteiger partial charge >= 0.3 is 5.97 Å². The Hall–Kier alpha value is -2.42. The van der Waals surface area contributed by atoms with Crippen LogP contribution in [0.2, 0.25) is 0 Å². The molecule has 0 spiro atoms. The molecule has 25 heavy (non-hydrogen) atoms. The van der Waals surface area contributed by atoms with E-state index in [1.165, 1.54) is 12.3 Å². The number of aromatic nitrogens is 1. The zero-order valence-corrected chi connectivity index (χ0v) is 15.0. The van der Waals surface area contributed by atoms with Gasteiger partial charge in [0.1, 0.15) is 5.69 Å². The fraction of sp³-hybridized carbons (Fsp3) is 0.438. The lowest BCUT2D eigenvalue weighted by Crippen LogP contribution is -2.33. The summed E-state index contributed by atoms with van der Waals surface area (Å²) in [5, 5.41) is 10.3. The Labute approximate surface area is 146 Å². The molecule has 0 amide bonds. The van der Waals surface area contributed by atoms with Crippen molar-refractivity contribution >= 4 is 39.8 Å². The van der Waals surface area contributed by atoms with Gasteiger partial charge in [-0.3, -0.25) is 9.30 Å². The van der Waals surface area contributed by atoms with E-state index in [4.69, 9.17) is 0 Å². The highest BCUT2D eigenvalue weighted by Crippen LogP contribution is 2.40. The van der Waals surface area contributed by atoms with Gasteiger partial charge < -0.3 is 9.84 Å². The maximum absolute atomic E-state index is 12.6. The minimum atomic E-state index is -3.60. The Morgan fingerprint density at radius 3 is 2.72 bits per heavy atom. The highest BCUT2D eigenvalue weighted by atomic mass is 32.2. The molecule has 0 radical (unpaired) electrons. The summed E-state index contributed by atoms with van der Waals surface area (Å²) in [6, 6.07) is 0. The molecule has 0 aliphatic carbocycles. The van der Waals surface area contributed by atoms with Crippen molar-refractivity contribution in [2.75, 3.05) is 23.7 Å². The van der Waals surface area contributed by atoms with Gasteiger partial charge in [-0.05, 0) is 19.8 Å². The number of esters is 1. The smallest absolute Gasteiger partial charge is 0.360 e. The first-order valence-electron chi connectivity index (χ1n) is 7.84. The van der Waals surface area contributed by atoms with Crippen LogP contribution >= 0.6 is 0 Å². The number of carbonyl (C=O) groups excluding carboxylic acids is 1. The van der Waals surface area contributed by atoms with Crippen molar-refractivity contribution in [3.05, 3.63) is 17.8 Å². The van der Waals surface area contributed by atoms with E-state index in [0.717, 1.165) is 17.8 Å². The maximum Gasteiger partial charge on any atom is 0.360 e. The average molecular weight is 367 g/mol. The second kappa shape index (κ2) is 7.64. The molecule has 0 saturated carbocycles. The SMILES string of the molecule is C=Cc1c(N2CCCCCS2(=O)=O)nc(C(=O)OC)c(O)c1N=CC. The number of carbonyl (C=O) groups is 1. The molecule has 0 atom stereocenters. The minimum absolute atomic E-state index is 0.00786. The fourth-order valence-corrected chi connectivity index (χ4v) is 4.24. The van der Waals surface area contributed by atoms with Crippen molar-refractivity contribution in [3.8, 4) is 5.75 Å². The second-order valence-electron chi connectivity index (χ2n) is 5.43. The first-order valence-corrected chi connectivity index (χ1v) is 9.45. The van der Waals surface area contributed by atoms with Gasteiger partial charge in [-0.1, -0.05) is 19.1 Å². The van der Waals surface area contributed by atoms with E-state index in [1.54, 1.807) is 6.92 Å². The van der Waals surface area contributed by atoms with Crippen LogP contribution in [0.1, 0.15) is 42.2 Å².